The highest BCUT2D eigenvalue weighted by Gasteiger charge is 2.21. The first-order chi connectivity index (χ1) is 13.3. The molecule has 0 N–H and O–H groups in total. The lowest BCUT2D eigenvalue weighted by molar-refractivity contribution is -0.118. The van der Waals surface area contributed by atoms with Crippen LogP contribution in [0.1, 0.15) is 19.8 Å². The van der Waals surface area contributed by atoms with E-state index >= 15 is 0 Å². The first-order valence-corrected chi connectivity index (χ1v) is 10.4. The Kier molecular flexibility index (Phi) is 7.53. The second kappa shape index (κ2) is 9.66. The van der Waals surface area contributed by atoms with Crippen molar-refractivity contribution in [2.75, 3.05) is 32.1 Å². The molecule has 0 aliphatic carbocycles. The van der Waals surface area contributed by atoms with Crippen molar-refractivity contribution < 1.29 is 22.3 Å². The number of anilines is 1. The fourth-order valence-electron chi connectivity index (χ4n) is 2.76. The third-order valence-corrected chi connectivity index (χ3v) is 6.26. The molecule has 0 aliphatic rings. The van der Waals surface area contributed by atoms with E-state index in [4.69, 9.17) is 4.74 Å². The molecule has 0 aromatic heterocycles. The van der Waals surface area contributed by atoms with Gasteiger partial charge in [-0.3, -0.25) is 4.79 Å². The molecule has 152 valence electrons. The van der Waals surface area contributed by atoms with E-state index in [1.807, 2.05) is 6.92 Å². The lowest BCUT2D eigenvalue weighted by Gasteiger charge is -2.22. The van der Waals surface area contributed by atoms with Crippen LogP contribution in [0.4, 0.5) is 10.1 Å². The van der Waals surface area contributed by atoms with Crippen LogP contribution in [0, 0.1) is 5.82 Å². The highest BCUT2D eigenvalue weighted by molar-refractivity contribution is 7.89. The van der Waals surface area contributed by atoms with Gasteiger partial charge >= 0.3 is 0 Å². The fraction of sp³-hybridized carbons (Fsp3) is 0.350. The third kappa shape index (κ3) is 5.30. The van der Waals surface area contributed by atoms with Gasteiger partial charge in [-0.15, -0.1) is 0 Å². The van der Waals surface area contributed by atoms with E-state index < -0.39 is 10.0 Å². The topological polar surface area (TPSA) is 66.9 Å². The van der Waals surface area contributed by atoms with E-state index in [-0.39, 0.29) is 29.6 Å². The molecular weight excluding hydrogens is 383 g/mol. The summed E-state index contributed by atoms with van der Waals surface area (Å²) in [5.74, 6) is 0.0784. The number of nitrogens with zero attached hydrogens (tertiary/aromatic N) is 2. The summed E-state index contributed by atoms with van der Waals surface area (Å²) in [6.45, 7) is 2.49. The van der Waals surface area contributed by atoms with Crippen molar-refractivity contribution in [2.24, 2.45) is 0 Å². The molecule has 0 heterocycles. The zero-order valence-electron chi connectivity index (χ0n) is 16.3. The molecule has 0 fully saturated rings. The molecule has 0 aliphatic heterocycles. The van der Waals surface area contributed by atoms with Crippen LogP contribution in [-0.2, 0) is 14.8 Å². The number of hydrogen-bond acceptors (Lipinski definition) is 4. The first-order valence-electron chi connectivity index (χ1n) is 8.96. The van der Waals surface area contributed by atoms with Gasteiger partial charge in [0.2, 0.25) is 15.9 Å². The van der Waals surface area contributed by atoms with Gasteiger partial charge in [-0.1, -0.05) is 0 Å². The number of rotatable bonds is 9. The predicted molar refractivity (Wildman–Crippen MR) is 106 cm³/mol. The Bertz CT molecular complexity index is 883. The van der Waals surface area contributed by atoms with Crippen LogP contribution < -0.4 is 9.64 Å². The van der Waals surface area contributed by atoms with Crippen LogP contribution in [0.5, 0.6) is 5.75 Å². The minimum atomic E-state index is -3.63. The number of halogens is 1. The van der Waals surface area contributed by atoms with Gasteiger partial charge in [-0.05, 0) is 61.9 Å². The minimum Gasteiger partial charge on any atom is -0.497 e. The molecule has 2 aromatic rings. The normalized spacial score (nSPS) is 11.5. The molecule has 2 aromatic carbocycles. The van der Waals surface area contributed by atoms with Gasteiger partial charge in [0.1, 0.15) is 11.6 Å². The van der Waals surface area contributed by atoms with Gasteiger partial charge < -0.3 is 9.64 Å². The van der Waals surface area contributed by atoms with Crippen molar-refractivity contribution in [3.05, 3.63) is 54.3 Å². The van der Waals surface area contributed by atoms with Gasteiger partial charge in [-0.2, -0.15) is 0 Å². The summed E-state index contributed by atoms with van der Waals surface area (Å²) in [6.07, 6.45) is 0.566. The maximum Gasteiger partial charge on any atom is 0.242 e. The van der Waals surface area contributed by atoms with Crippen LogP contribution in [-0.4, -0.2) is 45.9 Å². The molecule has 0 unspecified atom stereocenters. The highest BCUT2D eigenvalue weighted by atomic mass is 32.2. The maximum atomic E-state index is 13.1. The second-order valence-corrected chi connectivity index (χ2v) is 8.26. The van der Waals surface area contributed by atoms with Crippen molar-refractivity contribution in [3.8, 4) is 5.75 Å². The third-order valence-electron chi connectivity index (χ3n) is 4.39. The number of sulfonamides is 1. The summed E-state index contributed by atoms with van der Waals surface area (Å²) in [4.78, 5) is 14.2. The Morgan fingerprint density at radius 2 is 1.68 bits per heavy atom. The molecule has 8 heteroatoms. The Labute approximate surface area is 165 Å². The number of methoxy groups -OCH3 is 1. The summed E-state index contributed by atoms with van der Waals surface area (Å²) in [6, 6.07) is 11.9. The van der Waals surface area contributed by atoms with Gasteiger partial charge in [-0.25, -0.2) is 17.1 Å². The predicted octanol–water partition coefficient (Wildman–Crippen LogP) is 3.29. The number of amides is 1. The van der Waals surface area contributed by atoms with Crippen LogP contribution in [0.15, 0.2) is 53.4 Å². The average Bonchev–Trinajstić information content (AvgIpc) is 2.69. The average molecular weight is 408 g/mol. The standard InChI is InChI=1S/C20H25FN2O4S/c1-4-23(17-9-7-16(21)8-10-17)20(24)6-5-15-22(2)28(25,26)19-13-11-18(27-3)12-14-19/h7-14H,4-6,15H2,1-3H3. The van der Waals surface area contributed by atoms with Crippen LogP contribution in [0.25, 0.3) is 0 Å². The van der Waals surface area contributed by atoms with E-state index in [2.05, 4.69) is 0 Å². The van der Waals surface area contributed by atoms with Gasteiger partial charge in [0, 0.05) is 32.2 Å². The van der Waals surface area contributed by atoms with Crippen molar-refractivity contribution in [1.82, 2.24) is 4.31 Å². The summed E-state index contributed by atoms with van der Waals surface area (Å²) in [7, 11) is -0.634. The van der Waals surface area contributed by atoms with Crippen molar-refractivity contribution >= 4 is 21.6 Å². The number of carbonyl (C=O) groups is 1. The Morgan fingerprint density at radius 1 is 1.07 bits per heavy atom. The monoisotopic (exact) mass is 408 g/mol. The zero-order chi connectivity index (χ0) is 20.7. The molecule has 2 rings (SSSR count). The van der Waals surface area contributed by atoms with E-state index in [0.29, 0.717) is 24.4 Å². The van der Waals surface area contributed by atoms with Crippen molar-refractivity contribution in [1.29, 1.82) is 0 Å². The molecule has 6 nitrogen and oxygen atoms in total. The fourth-order valence-corrected chi connectivity index (χ4v) is 3.97. The molecule has 0 radical (unpaired) electrons. The second-order valence-electron chi connectivity index (χ2n) is 6.22. The van der Waals surface area contributed by atoms with Crippen molar-refractivity contribution in [2.45, 2.75) is 24.7 Å². The first kappa shape index (κ1) is 21.8. The van der Waals surface area contributed by atoms with Crippen LogP contribution in [0.2, 0.25) is 0 Å². The highest BCUT2D eigenvalue weighted by Crippen LogP contribution is 2.20. The van der Waals surface area contributed by atoms with E-state index in [9.17, 15) is 17.6 Å². The summed E-state index contributed by atoms with van der Waals surface area (Å²) < 4.78 is 44.5. The maximum absolute atomic E-state index is 13.1. The molecular formula is C20H25FN2O4S. The Balaban J connectivity index is 1.94. The number of carbonyl (C=O) groups excluding carboxylic acids is 1. The lowest BCUT2D eigenvalue weighted by atomic mass is 10.2. The Morgan fingerprint density at radius 3 is 2.21 bits per heavy atom. The molecule has 0 atom stereocenters. The lowest BCUT2D eigenvalue weighted by Crippen LogP contribution is -2.32. The summed E-state index contributed by atoms with van der Waals surface area (Å²) in [5.41, 5.74) is 0.619. The molecule has 0 saturated carbocycles. The molecule has 28 heavy (non-hydrogen) atoms. The number of hydrogen-bond donors (Lipinski definition) is 0. The zero-order valence-corrected chi connectivity index (χ0v) is 17.1. The number of ether oxygens (including phenoxy) is 1. The van der Waals surface area contributed by atoms with Gasteiger partial charge in [0.15, 0.2) is 0 Å². The summed E-state index contributed by atoms with van der Waals surface area (Å²) in [5, 5.41) is 0. The summed E-state index contributed by atoms with van der Waals surface area (Å²) >= 11 is 0. The quantitative estimate of drug-likeness (QED) is 0.639. The van der Waals surface area contributed by atoms with Crippen LogP contribution in [0.3, 0.4) is 0 Å². The van der Waals surface area contributed by atoms with E-state index in [1.165, 1.54) is 42.7 Å². The largest absolute Gasteiger partial charge is 0.497 e. The van der Waals surface area contributed by atoms with E-state index in [1.54, 1.807) is 29.2 Å². The molecule has 0 spiro atoms. The van der Waals surface area contributed by atoms with Crippen LogP contribution >= 0.6 is 0 Å². The van der Waals surface area contributed by atoms with Crippen molar-refractivity contribution in [3.63, 3.8) is 0 Å². The molecule has 0 saturated heterocycles. The molecule has 1 amide bonds. The van der Waals surface area contributed by atoms with Gasteiger partial charge in [0.25, 0.3) is 0 Å². The Hall–Kier alpha value is -2.45. The van der Waals surface area contributed by atoms with E-state index in [0.717, 1.165) is 0 Å². The smallest absolute Gasteiger partial charge is 0.242 e. The van der Waals surface area contributed by atoms with Gasteiger partial charge in [0.05, 0.1) is 12.0 Å². The SMILES string of the molecule is CCN(C(=O)CCCN(C)S(=O)(=O)c1ccc(OC)cc1)c1ccc(F)cc1. The minimum absolute atomic E-state index is 0.135. The number of benzene rings is 2. The molecule has 0 bridgehead atoms.